The molecule has 1 aliphatic carbocycles. The van der Waals surface area contributed by atoms with Crippen molar-refractivity contribution in [3.05, 3.63) is 59.2 Å². The van der Waals surface area contributed by atoms with Crippen LogP contribution < -0.4 is 4.40 Å². The van der Waals surface area contributed by atoms with Crippen molar-refractivity contribution in [2.24, 2.45) is 0 Å². The maximum absolute atomic E-state index is 9.80. The molecule has 3 aromatic heterocycles. The summed E-state index contributed by atoms with van der Waals surface area (Å²) in [7, 11) is 0. The second-order valence-electron chi connectivity index (χ2n) is 6.29. The van der Waals surface area contributed by atoms with Gasteiger partial charge >= 0.3 is 0 Å². The Hall–Kier alpha value is -3.13. The van der Waals surface area contributed by atoms with Gasteiger partial charge in [-0.05, 0) is 37.0 Å². The fourth-order valence-corrected chi connectivity index (χ4v) is 3.99. The lowest BCUT2D eigenvalue weighted by molar-refractivity contribution is -0.476. The zero-order valence-electron chi connectivity index (χ0n) is 13.4. The molecule has 24 heavy (non-hydrogen) atoms. The van der Waals surface area contributed by atoms with E-state index in [9.17, 15) is 5.26 Å². The average Bonchev–Trinajstić information content (AvgIpc) is 3.31. The van der Waals surface area contributed by atoms with Gasteiger partial charge in [-0.1, -0.05) is 12.1 Å². The lowest BCUT2D eigenvalue weighted by atomic mass is 10.1. The maximum Gasteiger partial charge on any atom is 0.250 e. The lowest BCUT2D eigenvalue weighted by Crippen LogP contribution is -2.31. The van der Waals surface area contributed by atoms with Gasteiger partial charge in [0.1, 0.15) is 22.7 Å². The highest BCUT2D eigenvalue weighted by molar-refractivity contribution is 5.77. The Balaban J connectivity index is 2.08. The lowest BCUT2D eigenvalue weighted by Gasteiger charge is -2.10. The molecular weight excluding hydrogens is 298 g/mol. The third-order valence-electron chi connectivity index (χ3n) is 5.03. The highest BCUT2D eigenvalue weighted by Crippen LogP contribution is 2.32. The Bertz CT molecular complexity index is 1160. The fraction of sp³-hybridized carbons (Fsp3) is 0.211. The molecule has 0 saturated carbocycles. The molecule has 0 saturated heterocycles. The first kappa shape index (κ1) is 13.3. The van der Waals surface area contributed by atoms with Gasteiger partial charge in [-0.15, -0.1) is 0 Å². The number of benzene rings is 1. The van der Waals surface area contributed by atoms with Crippen LogP contribution in [0.4, 0.5) is 0 Å². The predicted molar refractivity (Wildman–Crippen MR) is 90.1 cm³/mol. The summed E-state index contributed by atoms with van der Waals surface area (Å²) in [6.07, 6.45) is 6.89. The molecule has 1 aromatic carbocycles. The Morgan fingerprint density at radius 2 is 2.08 bits per heavy atom. The van der Waals surface area contributed by atoms with Crippen LogP contribution in [0.3, 0.4) is 0 Å². The number of aryl methyl sites for hydroxylation is 1. The summed E-state index contributed by atoms with van der Waals surface area (Å²) in [5.41, 5.74) is 6.24. The van der Waals surface area contributed by atoms with Gasteiger partial charge in [0.05, 0.1) is 12.4 Å². The van der Waals surface area contributed by atoms with Gasteiger partial charge in [0.15, 0.2) is 5.82 Å². The number of H-pyrrole nitrogens is 1. The minimum absolute atomic E-state index is 0.778. The number of nitrogens with zero attached hydrogens (tertiary/aromatic N) is 4. The van der Waals surface area contributed by atoms with E-state index >= 15 is 0 Å². The second kappa shape index (κ2) is 4.68. The van der Waals surface area contributed by atoms with Gasteiger partial charge in [-0.25, -0.2) is 9.55 Å². The number of hydrogen-bond donors (Lipinski definition) is 1. The van der Waals surface area contributed by atoms with Crippen molar-refractivity contribution in [3.63, 3.8) is 0 Å². The molecule has 0 radical (unpaired) electrons. The van der Waals surface area contributed by atoms with E-state index in [1.807, 2.05) is 31.5 Å². The first-order chi connectivity index (χ1) is 11.8. The van der Waals surface area contributed by atoms with Gasteiger partial charge in [0.2, 0.25) is 11.5 Å². The number of aromatic amines is 1. The molecule has 4 aromatic rings. The summed E-state index contributed by atoms with van der Waals surface area (Å²) in [6, 6.07) is 10.6. The first-order valence-electron chi connectivity index (χ1n) is 8.20. The van der Waals surface area contributed by atoms with Crippen LogP contribution in [-0.2, 0) is 12.8 Å². The van der Waals surface area contributed by atoms with Crippen molar-refractivity contribution in [3.8, 4) is 11.9 Å². The third kappa shape index (κ3) is 1.57. The number of para-hydroxylation sites is 2. The van der Waals surface area contributed by atoms with E-state index in [0.29, 0.717) is 0 Å². The summed E-state index contributed by atoms with van der Waals surface area (Å²) in [4.78, 5) is 7.86. The third-order valence-corrected chi connectivity index (χ3v) is 5.03. The van der Waals surface area contributed by atoms with E-state index in [-0.39, 0.29) is 0 Å². The molecule has 0 amide bonds. The predicted octanol–water partition coefficient (Wildman–Crippen LogP) is 2.76. The van der Waals surface area contributed by atoms with E-state index in [2.05, 4.69) is 37.1 Å². The number of hydrogen-bond acceptors (Lipinski definition) is 2. The summed E-state index contributed by atoms with van der Waals surface area (Å²) in [5, 5.41) is 9.80. The summed E-state index contributed by atoms with van der Waals surface area (Å²) in [5.74, 6) is 2.07. The number of nitrogens with one attached hydrogen (secondary N) is 1. The summed E-state index contributed by atoms with van der Waals surface area (Å²) < 4.78 is 4.32. The molecule has 0 unspecified atom stereocenters. The van der Waals surface area contributed by atoms with Crippen LogP contribution in [-0.4, -0.2) is 14.5 Å². The van der Waals surface area contributed by atoms with Crippen LogP contribution in [0.2, 0.25) is 0 Å². The fourth-order valence-electron chi connectivity index (χ4n) is 3.99. The Labute approximate surface area is 138 Å². The number of imidazole rings is 2. The van der Waals surface area contributed by atoms with E-state index in [0.717, 1.165) is 53.1 Å². The normalized spacial score (nSPS) is 13.5. The molecule has 116 valence electrons. The summed E-state index contributed by atoms with van der Waals surface area (Å²) >= 11 is 0. The molecule has 1 aliphatic rings. The van der Waals surface area contributed by atoms with Crippen molar-refractivity contribution >= 4 is 16.7 Å². The monoisotopic (exact) mass is 314 g/mol. The minimum atomic E-state index is 0.778. The van der Waals surface area contributed by atoms with Crippen LogP contribution in [0.25, 0.3) is 22.5 Å². The van der Waals surface area contributed by atoms with Crippen molar-refractivity contribution in [2.75, 3.05) is 0 Å². The molecule has 0 bridgehead atoms. The number of pyridine rings is 1. The molecular formula is C19H16N5+. The smallest absolute Gasteiger partial charge is 0.250 e. The molecule has 0 spiro atoms. The number of nitriles is 1. The molecule has 1 N–H and O–H groups in total. The minimum Gasteiger partial charge on any atom is -0.269 e. The first-order valence-corrected chi connectivity index (χ1v) is 8.20. The molecule has 3 heterocycles. The number of fused-ring (bicyclic) bond motifs is 4. The number of rotatable bonds is 1. The molecule has 5 nitrogen and oxygen atoms in total. The van der Waals surface area contributed by atoms with Gasteiger partial charge in [0.25, 0.3) is 0 Å². The number of aromatic nitrogens is 4. The Morgan fingerprint density at radius 1 is 1.25 bits per heavy atom. The van der Waals surface area contributed by atoms with Crippen molar-refractivity contribution in [2.45, 2.75) is 26.2 Å². The van der Waals surface area contributed by atoms with E-state index in [4.69, 9.17) is 0 Å². The highest BCUT2D eigenvalue weighted by Gasteiger charge is 2.31. The van der Waals surface area contributed by atoms with Crippen LogP contribution in [0.1, 0.15) is 28.9 Å². The van der Waals surface area contributed by atoms with Gasteiger partial charge in [-0.2, -0.15) is 9.66 Å². The van der Waals surface area contributed by atoms with E-state index in [1.54, 1.807) is 0 Å². The largest absolute Gasteiger partial charge is 0.269 e. The van der Waals surface area contributed by atoms with Crippen LogP contribution >= 0.6 is 0 Å². The second-order valence-corrected chi connectivity index (χ2v) is 6.29. The van der Waals surface area contributed by atoms with Crippen LogP contribution in [0.15, 0.2) is 36.7 Å². The van der Waals surface area contributed by atoms with Gasteiger partial charge in [-0.3, -0.25) is 4.98 Å². The van der Waals surface area contributed by atoms with Gasteiger partial charge in [0, 0.05) is 12.5 Å². The SMILES string of the molecule is Cc1nccn1-c1c2c(c(C#N)c3[nH]c4ccccc4[n+]13)CCC2. The Morgan fingerprint density at radius 3 is 2.88 bits per heavy atom. The van der Waals surface area contributed by atoms with E-state index in [1.165, 1.54) is 11.1 Å². The molecule has 0 fully saturated rings. The average molecular weight is 314 g/mol. The quantitative estimate of drug-likeness (QED) is 0.549. The summed E-state index contributed by atoms with van der Waals surface area (Å²) in [6.45, 7) is 2.01. The zero-order chi connectivity index (χ0) is 16.3. The molecule has 0 aliphatic heterocycles. The van der Waals surface area contributed by atoms with Crippen molar-refractivity contribution < 1.29 is 4.40 Å². The molecule has 5 rings (SSSR count). The van der Waals surface area contributed by atoms with Gasteiger partial charge < -0.3 is 0 Å². The standard InChI is InChI=1S/C19H15N5/c1-12-21-9-10-23(12)19-14-6-4-5-13(14)15(11-20)18-22-16-7-2-3-8-17(16)24(18)19/h2-3,7-10H,4-6H2,1H3/p+1. The van der Waals surface area contributed by atoms with Crippen LogP contribution in [0, 0.1) is 18.3 Å². The van der Waals surface area contributed by atoms with Crippen molar-refractivity contribution in [1.29, 1.82) is 5.26 Å². The topological polar surface area (TPSA) is 61.5 Å². The van der Waals surface area contributed by atoms with E-state index < -0.39 is 0 Å². The van der Waals surface area contributed by atoms with Crippen molar-refractivity contribution in [1.82, 2.24) is 14.5 Å². The molecule has 0 atom stereocenters. The zero-order valence-corrected chi connectivity index (χ0v) is 13.4. The maximum atomic E-state index is 9.80. The van der Waals surface area contributed by atoms with Crippen LogP contribution in [0.5, 0.6) is 0 Å². The Kier molecular flexibility index (Phi) is 2.60. The highest BCUT2D eigenvalue weighted by atomic mass is 15.2. The molecule has 5 heteroatoms.